The Hall–Kier alpha value is -1.96. The second-order valence-corrected chi connectivity index (χ2v) is 6.80. The summed E-state index contributed by atoms with van der Waals surface area (Å²) in [5.41, 5.74) is 0.968. The van der Waals surface area contributed by atoms with E-state index in [2.05, 4.69) is 10.0 Å². The summed E-state index contributed by atoms with van der Waals surface area (Å²) in [6.45, 7) is -0.0842. The topological polar surface area (TPSA) is 75.3 Å². The number of rotatable bonds is 5. The molecule has 0 saturated heterocycles. The molecule has 0 unspecified atom stereocenters. The number of carbonyl (C=O) groups excluding carboxylic acids is 1. The molecule has 122 valence electrons. The van der Waals surface area contributed by atoms with Gasteiger partial charge in [0.15, 0.2) is 5.82 Å². The van der Waals surface area contributed by atoms with Gasteiger partial charge in [-0.25, -0.2) is 17.5 Å². The van der Waals surface area contributed by atoms with Gasteiger partial charge >= 0.3 is 0 Å². The third-order valence-corrected chi connectivity index (χ3v) is 4.80. The quantitative estimate of drug-likeness (QED) is 0.863. The van der Waals surface area contributed by atoms with E-state index in [-0.39, 0.29) is 17.5 Å². The lowest BCUT2D eigenvalue weighted by molar-refractivity contribution is 0.0963. The largest absolute Gasteiger partial charge is 0.355 e. The summed E-state index contributed by atoms with van der Waals surface area (Å²) >= 11 is 5.60. The monoisotopic (exact) mass is 356 g/mol. The standard InChI is InChI=1S/C15H14ClFN2O3S/c1-18-15(20)11-5-2-4-10(8-11)9-19-23(21,22)13-7-3-6-12(16)14(13)17/h2-8,19H,9H2,1H3,(H,18,20). The zero-order valence-corrected chi connectivity index (χ0v) is 13.7. The highest BCUT2D eigenvalue weighted by Gasteiger charge is 2.20. The molecule has 0 aliphatic heterocycles. The van der Waals surface area contributed by atoms with E-state index < -0.39 is 20.7 Å². The van der Waals surface area contributed by atoms with E-state index in [9.17, 15) is 17.6 Å². The predicted molar refractivity (Wildman–Crippen MR) is 85.3 cm³/mol. The van der Waals surface area contributed by atoms with Crippen molar-refractivity contribution >= 4 is 27.5 Å². The van der Waals surface area contributed by atoms with Gasteiger partial charge in [-0.3, -0.25) is 4.79 Å². The van der Waals surface area contributed by atoms with Gasteiger partial charge in [-0.1, -0.05) is 29.8 Å². The zero-order valence-electron chi connectivity index (χ0n) is 12.1. The lowest BCUT2D eigenvalue weighted by atomic mass is 10.1. The first-order valence-corrected chi connectivity index (χ1v) is 8.46. The van der Waals surface area contributed by atoms with E-state index in [0.29, 0.717) is 11.1 Å². The number of halogens is 2. The van der Waals surface area contributed by atoms with Crippen LogP contribution in [0.2, 0.25) is 5.02 Å². The molecule has 2 N–H and O–H groups in total. The lowest BCUT2D eigenvalue weighted by Crippen LogP contribution is -2.24. The molecule has 2 aromatic carbocycles. The number of sulfonamides is 1. The Balaban J connectivity index is 2.20. The van der Waals surface area contributed by atoms with Gasteiger partial charge < -0.3 is 5.32 Å². The van der Waals surface area contributed by atoms with Crippen molar-refractivity contribution in [1.29, 1.82) is 0 Å². The van der Waals surface area contributed by atoms with Gasteiger partial charge in [0, 0.05) is 19.2 Å². The van der Waals surface area contributed by atoms with Crippen LogP contribution in [0, 0.1) is 5.82 Å². The van der Waals surface area contributed by atoms with Gasteiger partial charge in [-0.2, -0.15) is 0 Å². The fourth-order valence-corrected chi connectivity index (χ4v) is 3.26. The van der Waals surface area contributed by atoms with Crippen LogP contribution in [-0.4, -0.2) is 21.4 Å². The summed E-state index contributed by atoms with van der Waals surface area (Å²) in [6.07, 6.45) is 0. The molecule has 0 atom stereocenters. The van der Waals surface area contributed by atoms with E-state index in [1.165, 1.54) is 19.2 Å². The summed E-state index contributed by atoms with van der Waals surface area (Å²) in [7, 11) is -2.56. The molecule has 2 rings (SSSR count). The molecule has 0 aliphatic rings. The van der Waals surface area contributed by atoms with E-state index in [0.717, 1.165) is 6.07 Å². The van der Waals surface area contributed by atoms with Crippen molar-refractivity contribution in [2.24, 2.45) is 0 Å². The van der Waals surface area contributed by atoms with Crippen molar-refractivity contribution in [3.8, 4) is 0 Å². The Kier molecular flexibility index (Phi) is 5.35. The molecule has 0 spiro atoms. The summed E-state index contributed by atoms with van der Waals surface area (Å²) in [4.78, 5) is 11.0. The number of amides is 1. The number of nitrogens with one attached hydrogen (secondary N) is 2. The van der Waals surface area contributed by atoms with Crippen LogP contribution in [-0.2, 0) is 16.6 Å². The van der Waals surface area contributed by atoms with Gasteiger partial charge in [0.05, 0.1) is 5.02 Å². The second kappa shape index (κ2) is 7.08. The van der Waals surface area contributed by atoms with Crippen LogP contribution in [0.5, 0.6) is 0 Å². The van der Waals surface area contributed by atoms with Crippen LogP contribution < -0.4 is 10.0 Å². The number of benzene rings is 2. The number of hydrogen-bond donors (Lipinski definition) is 2. The summed E-state index contributed by atoms with van der Waals surface area (Å²) in [5, 5.41) is 2.21. The van der Waals surface area contributed by atoms with Crippen LogP contribution in [0.4, 0.5) is 4.39 Å². The van der Waals surface area contributed by atoms with Crippen LogP contribution >= 0.6 is 11.6 Å². The smallest absolute Gasteiger partial charge is 0.251 e. The molecule has 0 heterocycles. The SMILES string of the molecule is CNC(=O)c1cccc(CNS(=O)(=O)c2cccc(Cl)c2F)c1. The maximum absolute atomic E-state index is 13.8. The third-order valence-electron chi connectivity index (χ3n) is 3.09. The van der Waals surface area contributed by atoms with Gasteiger partial charge in [0.25, 0.3) is 5.91 Å². The van der Waals surface area contributed by atoms with Crippen LogP contribution in [0.1, 0.15) is 15.9 Å². The highest BCUT2D eigenvalue weighted by atomic mass is 35.5. The lowest BCUT2D eigenvalue weighted by Gasteiger charge is -2.09. The maximum atomic E-state index is 13.8. The molecule has 0 aromatic heterocycles. The highest BCUT2D eigenvalue weighted by molar-refractivity contribution is 7.89. The fraction of sp³-hybridized carbons (Fsp3) is 0.133. The molecule has 23 heavy (non-hydrogen) atoms. The Morgan fingerprint density at radius 1 is 1.22 bits per heavy atom. The van der Waals surface area contributed by atoms with Gasteiger partial charge in [-0.05, 0) is 29.8 Å². The van der Waals surface area contributed by atoms with E-state index >= 15 is 0 Å². The average molecular weight is 357 g/mol. The van der Waals surface area contributed by atoms with Crippen LogP contribution in [0.3, 0.4) is 0 Å². The Morgan fingerprint density at radius 3 is 2.61 bits per heavy atom. The van der Waals surface area contributed by atoms with Crippen molar-refractivity contribution in [1.82, 2.24) is 10.0 Å². The van der Waals surface area contributed by atoms with Crippen molar-refractivity contribution in [3.63, 3.8) is 0 Å². The molecule has 5 nitrogen and oxygen atoms in total. The number of hydrogen-bond acceptors (Lipinski definition) is 3. The minimum atomic E-state index is -4.06. The molecule has 0 fully saturated rings. The minimum Gasteiger partial charge on any atom is -0.355 e. The first-order valence-electron chi connectivity index (χ1n) is 6.60. The first kappa shape index (κ1) is 17.4. The van der Waals surface area contributed by atoms with Crippen molar-refractivity contribution in [2.75, 3.05) is 7.05 Å². The van der Waals surface area contributed by atoms with Gasteiger partial charge in [0.1, 0.15) is 4.90 Å². The second-order valence-electron chi connectivity index (χ2n) is 4.66. The van der Waals surface area contributed by atoms with Crippen molar-refractivity contribution in [2.45, 2.75) is 11.4 Å². The highest BCUT2D eigenvalue weighted by Crippen LogP contribution is 2.21. The predicted octanol–water partition coefficient (Wildman–Crippen LogP) is 2.32. The Morgan fingerprint density at radius 2 is 1.91 bits per heavy atom. The van der Waals surface area contributed by atoms with Crippen LogP contribution in [0.15, 0.2) is 47.4 Å². The van der Waals surface area contributed by atoms with Crippen molar-refractivity contribution < 1.29 is 17.6 Å². The van der Waals surface area contributed by atoms with Gasteiger partial charge in [0.2, 0.25) is 10.0 Å². The Bertz CT molecular complexity index is 840. The molecule has 0 saturated carbocycles. The van der Waals surface area contributed by atoms with E-state index in [1.807, 2.05) is 0 Å². The molecule has 0 radical (unpaired) electrons. The average Bonchev–Trinajstić information content (AvgIpc) is 2.55. The van der Waals surface area contributed by atoms with E-state index in [4.69, 9.17) is 11.6 Å². The summed E-state index contributed by atoms with van der Waals surface area (Å²) in [5.74, 6) is -1.28. The van der Waals surface area contributed by atoms with Gasteiger partial charge in [-0.15, -0.1) is 0 Å². The summed E-state index contributed by atoms with van der Waals surface area (Å²) in [6, 6.07) is 10.2. The minimum absolute atomic E-state index is 0.0842. The zero-order chi connectivity index (χ0) is 17.0. The maximum Gasteiger partial charge on any atom is 0.251 e. The molecular weight excluding hydrogens is 343 g/mol. The Labute approximate surface area is 138 Å². The molecule has 0 bridgehead atoms. The number of carbonyl (C=O) groups is 1. The molecular formula is C15H14ClFN2O3S. The van der Waals surface area contributed by atoms with Crippen LogP contribution in [0.25, 0.3) is 0 Å². The van der Waals surface area contributed by atoms with Crippen molar-refractivity contribution in [3.05, 3.63) is 64.4 Å². The molecule has 2 aromatic rings. The summed E-state index contributed by atoms with van der Waals surface area (Å²) < 4.78 is 40.4. The van der Waals surface area contributed by atoms with E-state index in [1.54, 1.807) is 24.3 Å². The fourth-order valence-electron chi connectivity index (χ4n) is 1.91. The molecule has 8 heteroatoms. The first-order chi connectivity index (χ1) is 10.8. The molecule has 1 amide bonds. The molecule has 0 aliphatic carbocycles. The third kappa shape index (κ3) is 4.07. The normalized spacial score (nSPS) is 11.3.